The Morgan fingerprint density at radius 1 is 1.27 bits per heavy atom. The van der Waals surface area contributed by atoms with E-state index in [4.69, 9.17) is 5.73 Å². The third kappa shape index (κ3) is 3.90. The van der Waals surface area contributed by atoms with Crippen molar-refractivity contribution in [1.29, 1.82) is 0 Å². The van der Waals surface area contributed by atoms with E-state index < -0.39 is 0 Å². The van der Waals surface area contributed by atoms with Crippen LogP contribution in [0.5, 0.6) is 0 Å². The minimum atomic E-state index is -0.175. The fraction of sp³-hybridized carbons (Fsp3) is 0.438. The van der Waals surface area contributed by atoms with Crippen LogP contribution in [0.15, 0.2) is 29.6 Å². The molecule has 6 heteroatoms. The molecule has 1 amide bonds. The summed E-state index contributed by atoms with van der Waals surface area (Å²) in [5, 5.41) is 6.04. The minimum Gasteiger partial charge on any atom is -0.370 e. The van der Waals surface area contributed by atoms with Crippen LogP contribution < -0.4 is 5.73 Å². The van der Waals surface area contributed by atoms with Crippen LogP contribution in [0, 0.1) is 5.92 Å². The Morgan fingerprint density at radius 3 is 2.59 bits per heavy atom. The first-order valence-electron chi connectivity index (χ1n) is 7.58. The van der Waals surface area contributed by atoms with Crippen LogP contribution in [-0.2, 0) is 11.3 Å². The standard InChI is InChI=1S/C16H20N4OS/c17-16(21)9-12-5-7-20(8-6-12)10-13-1-3-14(4-2-13)15-11-22-19-18-15/h1-4,11-12H,5-10H2,(H2,17,21). The summed E-state index contributed by atoms with van der Waals surface area (Å²) in [6, 6.07) is 8.52. The van der Waals surface area contributed by atoms with E-state index in [1.54, 1.807) is 0 Å². The lowest BCUT2D eigenvalue weighted by atomic mass is 9.93. The van der Waals surface area contributed by atoms with Crippen molar-refractivity contribution >= 4 is 17.4 Å². The number of nitrogens with zero attached hydrogens (tertiary/aromatic N) is 3. The average molecular weight is 316 g/mol. The fourth-order valence-electron chi connectivity index (χ4n) is 2.96. The molecule has 1 aliphatic heterocycles. The number of likely N-dealkylation sites (tertiary alicyclic amines) is 1. The first-order chi connectivity index (χ1) is 10.7. The van der Waals surface area contributed by atoms with Gasteiger partial charge >= 0.3 is 0 Å². The number of piperidine rings is 1. The number of amides is 1. The molecule has 0 radical (unpaired) electrons. The largest absolute Gasteiger partial charge is 0.370 e. The second-order valence-electron chi connectivity index (χ2n) is 5.88. The van der Waals surface area contributed by atoms with Crippen molar-refractivity contribution in [1.82, 2.24) is 14.5 Å². The summed E-state index contributed by atoms with van der Waals surface area (Å²) in [4.78, 5) is 13.4. The van der Waals surface area contributed by atoms with Crippen molar-refractivity contribution < 1.29 is 4.79 Å². The maximum Gasteiger partial charge on any atom is 0.217 e. The van der Waals surface area contributed by atoms with Gasteiger partial charge in [0.1, 0.15) is 5.69 Å². The highest BCUT2D eigenvalue weighted by Gasteiger charge is 2.20. The molecule has 1 aliphatic rings. The van der Waals surface area contributed by atoms with Crippen molar-refractivity contribution in [2.45, 2.75) is 25.8 Å². The summed E-state index contributed by atoms with van der Waals surface area (Å²) in [5.74, 6) is 0.291. The molecule has 0 bridgehead atoms. The molecular weight excluding hydrogens is 296 g/mol. The molecule has 5 nitrogen and oxygen atoms in total. The van der Waals surface area contributed by atoms with Gasteiger partial charge in [0.2, 0.25) is 5.91 Å². The van der Waals surface area contributed by atoms with Gasteiger partial charge in [-0.15, -0.1) is 5.10 Å². The summed E-state index contributed by atoms with van der Waals surface area (Å²) in [6.07, 6.45) is 2.65. The van der Waals surface area contributed by atoms with E-state index in [1.807, 2.05) is 5.38 Å². The Labute approximate surface area is 134 Å². The molecule has 22 heavy (non-hydrogen) atoms. The van der Waals surface area contributed by atoms with Crippen molar-refractivity contribution in [2.75, 3.05) is 13.1 Å². The highest BCUT2D eigenvalue weighted by atomic mass is 32.1. The molecule has 0 unspecified atom stereocenters. The normalized spacial score (nSPS) is 16.7. The summed E-state index contributed by atoms with van der Waals surface area (Å²) in [7, 11) is 0. The first kappa shape index (κ1) is 15.1. The molecule has 0 atom stereocenters. The maximum atomic E-state index is 11.0. The fourth-order valence-corrected chi connectivity index (χ4v) is 3.43. The summed E-state index contributed by atoms with van der Waals surface area (Å²) in [5.41, 5.74) is 8.62. The van der Waals surface area contributed by atoms with Gasteiger partial charge in [0.25, 0.3) is 0 Å². The topological polar surface area (TPSA) is 72.1 Å². The van der Waals surface area contributed by atoms with Crippen LogP contribution in [-0.4, -0.2) is 33.5 Å². The zero-order chi connectivity index (χ0) is 15.4. The van der Waals surface area contributed by atoms with Gasteiger partial charge < -0.3 is 5.73 Å². The molecule has 3 rings (SSSR count). The molecule has 1 fully saturated rings. The van der Waals surface area contributed by atoms with Gasteiger partial charge in [0, 0.05) is 23.9 Å². The smallest absolute Gasteiger partial charge is 0.217 e. The van der Waals surface area contributed by atoms with Gasteiger partial charge in [0.15, 0.2) is 0 Å². The zero-order valence-electron chi connectivity index (χ0n) is 12.4. The monoisotopic (exact) mass is 316 g/mol. The second kappa shape index (κ2) is 6.98. The lowest BCUT2D eigenvalue weighted by Gasteiger charge is -2.31. The molecule has 2 N–H and O–H groups in total. The Bertz CT molecular complexity index is 604. The van der Waals surface area contributed by atoms with E-state index in [9.17, 15) is 4.79 Å². The number of rotatable bonds is 5. The summed E-state index contributed by atoms with van der Waals surface area (Å²) >= 11 is 1.37. The number of nitrogens with two attached hydrogens (primary N) is 1. The van der Waals surface area contributed by atoms with Gasteiger partial charge in [-0.25, -0.2) is 0 Å². The molecule has 1 saturated heterocycles. The van der Waals surface area contributed by atoms with Gasteiger partial charge in [-0.3, -0.25) is 9.69 Å². The van der Waals surface area contributed by atoms with E-state index >= 15 is 0 Å². The van der Waals surface area contributed by atoms with Gasteiger partial charge in [-0.2, -0.15) is 0 Å². The van der Waals surface area contributed by atoms with Crippen LogP contribution in [0.4, 0.5) is 0 Å². The van der Waals surface area contributed by atoms with Crippen molar-refractivity contribution in [3.63, 3.8) is 0 Å². The third-order valence-electron chi connectivity index (χ3n) is 4.21. The van der Waals surface area contributed by atoms with Gasteiger partial charge in [-0.05, 0) is 48.9 Å². The maximum absolute atomic E-state index is 11.0. The highest BCUT2D eigenvalue weighted by Crippen LogP contribution is 2.23. The molecule has 2 aromatic rings. The Kier molecular flexibility index (Phi) is 4.80. The molecule has 0 saturated carbocycles. The molecule has 1 aromatic heterocycles. The predicted octanol–water partition coefficient (Wildman–Crippen LogP) is 2.29. The Balaban J connectivity index is 1.53. The Hall–Kier alpha value is -1.79. The highest BCUT2D eigenvalue weighted by molar-refractivity contribution is 7.03. The number of carbonyl (C=O) groups excluding carboxylic acids is 1. The minimum absolute atomic E-state index is 0.175. The van der Waals surface area contributed by atoms with Gasteiger partial charge in [-0.1, -0.05) is 28.8 Å². The van der Waals surface area contributed by atoms with E-state index in [0.29, 0.717) is 12.3 Å². The van der Waals surface area contributed by atoms with Gasteiger partial charge in [0.05, 0.1) is 0 Å². The number of carbonyl (C=O) groups is 1. The van der Waals surface area contributed by atoms with E-state index in [1.165, 1.54) is 17.1 Å². The second-order valence-corrected chi connectivity index (χ2v) is 6.49. The molecule has 116 valence electrons. The van der Waals surface area contributed by atoms with Crippen LogP contribution in [0.2, 0.25) is 0 Å². The van der Waals surface area contributed by atoms with E-state index in [2.05, 4.69) is 38.8 Å². The lowest BCUT2D eigenvalue weighted by Crippen LogP contribution is -2.34. The SMILES string of the molecule is NC(=O)CC1CCN(Cc2ccc(-c3csnn3)cc2)CC1. The number of primary amides is 1. The molecular formula is C16H20N4OS. The number of benzene rings is 1. The molecule has 2 heterocycles. The van der Waals surface area contributed by atoms with E-state index in [-0.39, 0.29) is 5.91 Å². The van der Waals surface area contributed by atoms with Crippen LogP contribution in [0.3, 0.4) is 0 Å². The molecule has 0 spiro atoms. The quantitative estimate of drug-likeness (QED) is 0.918. The third-order valence-corrected chi connectivity index (χ3v) is 4.72. The van der Waals surface area contributed by atoms with Crippen molar-refractivity contribution in [2.24, 2.45) is 11.7 Å². The molecule has 0 aliphatic carbocycles. The molecule has 1 aromatic carbocycles. The van der Waals surface area contributed by atoms with E-state index in [0.717, 1.165) is 43.7 Å². The summed E-state index contributed by atoms with van der Waals surface area (Å²) < 4.78 is 3.89. The number of hydrogen-bond donors (Lipinski definition) is 1. The summed E-state index contributed by atoms with van der Waals surface area (Å²) in [6.45, 7) is 3.03. The Morgan fingerprint density at radius 2 is 2.00 bits per heavy atom. The van der Waals surface area contributed by atoms with Crippen LogP contribution in [0.1, 0.15) is 24.8 Å². The predicted molar refractivity (Wildman–Crippen MR) is 87.2 cm³/mol. The average Bonchev–Trinajstić information content (AvgIpc) is 3.04. The van der Waals surface area contributed by atoms with Crippen LogP contribution >= 0.6 is 11.5 Å². The first-order valence-corrected chi connectivity index (χ1v) is 8.41. The lowest BCUT2D eigenvalue weighted by molar-refractivity contribution is -0.119. The van der Waals surface area contributed by atoms with Crippen molar-refractivity contribution in [3.8, 4) is 11.3 Å². The van der Waals surface area contributed by atoms with Crippen LogP contribution in [0.25, 0.3) is 11.3 Å². The number of hydrogen-bond acceptors (Lipinski definition) is 5. The number of aromatic nitrogens is 2. The zero-order valence-corrected chi connectivity index (χ0v) is 13.3. The van der Waals surface area contributed by atoms with Crippen molar-refractivity contribution in [3.05, 3.63) is 35.2 Å².